The summed E-state index contributed by atoms with van der Waals surface area (Å²) in [6.07, 6.45) is 0.874. The summed E-state index contributed by atoms with van der Waals surface area (Å²) in [7, 11) is 0. The van der Waals surface area contributed by atoms with Gasteiger partial charge < -0.3 is 10.6 Å². The van der Waals surface area contributed by atoms with Crippen molar-refractivity contribution in [2.24, 2.45) is 0 Å². The van der Waals surface area contributed by atoms with Crippen LogP contribution in [0.4, 0.5) is 10.5 Å². The SMILES string of the molecule is CCCNC(=O)Nc1ccc(Br)cc1C#N. The number of anilines is 1. The summed E-state index contributed by atoms with van der Waals surface area (Å²) in [6, 6.07) is 6.86. The molecule has 2 amide bonds. The maximum Gasteiger partial charge on any atom is 0.319 e. The van der Waals surface area contributed by atoms with Gasteiger partial charge in [-0.15, -0.1) is 0 Å². The van der Waals surface area contributed by atoms with Gasteiger partial charge in [-0.3, -0.25) is 0 Å². The van der Waals surface area contributed by atoms with E-state index in [0.717, 1.165) is 10.9 Å². The molecule has 5 heteroatoms. The van der Waals surface area contributed by atoms with E-state index in [1.807, 2.05) is 13.0 Å². The largest absolute Gasteiger partial charge is 0.338 e. The van der Waals surface area contributed by atoms with Crippen molar-refractivity contribution in [2.45, 2.75) is 13.3 Å². The lowest BCUT2D eigenvalue weighted by molar-refractivity contribution is 0.252. The zero-order valence-electron chi connectivity index (χ0n) is 8.88. The van der Waals surface area contributed by atoms with Gasteiger partial charge in [0.05, 0.1) is 11.3 Å². The molecule has 0 aromatic heterocycles. The molecule has 0 aliphatic rings. The summed E-state index contributed by atoms with van der Waals surface area (Å²) >= 11 is 3.27. The minimum absolute atomic E-state index is 0.291. The van der Waals surface area contributed by atoms with Crippen molar-refractivity contribution in [1.29, 1.82) is 5.26 Å². The number of hydrogen-bond donors (Lipinski definition) is 2. The Morgan fingerprint density at radius 3 is 2.94 bits per heavy atom. The van der Waals surface area contributed by atoms with Gasteiger partial charge in [0, 0.05) is 11.0 Å². The summed E-state index contributed by atoms with van der Waals surface area (Å²) in [5.74, 6) is 0. The minimum Gasteiger partial charge on any atom is -0.338 e. The Kier molecular flexibility index (Phi) is 4.80. The molecule has 0 spiro atoms. The van der Waals surface area contributed by atoms with Gasteiger partial charge in [0.25, 0.3) is 0 Å². The Labute approximate surface area is 103 Å². The molecule has 0 atom stereocenters. The van der Waals surface area contributed by atoms with Crippen LogP contribution in [-0.2, 0) is 0 Å². The lowest BCUT2D eigenvalue weighted by Crippen LogP contribution is -2.29. The zero-order valence-corrected chi connectivity index (χ0v) is 10.5. The van der Waals surface area contributed by atoms with Gasteiger partial charge in [0.2, 0.25) is 0 Å². The molecule has 4 nitrogen and oxygen atoms in total. The fourth-order valence-electron chi connectivity index (χ4n) is 1.12. The van der Waals surface area contributed by atoms with Crippen molar-refractivity contribution in [1.82, 2.24) is 5.32 Å². The number of hydrogen-bond acceptors (Lipinski definition) is 2. The van der Waals surface area contributed by atoms with Crippen LogP contribution in [0.2, 0.25) is 0 Å². The standard InChI is InChI=1S/C11H12BrN3O/c1-2-5-14-11(16)15-10-4-3-9(12)6-8(10)7-13/h3-4,6H,2,5H2,1H3,(H2,14,15,16). The normalized spacial score (nSPS) is 9.31. The molecule has 84 valence electrons. The van der Waals surface area contributed by atoms with Gasteiger partial charge in [-0.05, 0) is 24.6 Å². The molecule has 0 aliphatic carbocycles. The van der Waals surface area contributed by atoms with E-state index in [1.54, 1.807) is 18.2 Å². The van der Waals surface area contributed by atoms with Crippen molar-refractivity contribution in [2.75, 3.05) is 11.9 Å². The van der Waals surface area contributed by atoms with Gasteiger partial charge in [0.1, 0.15) is 6.07 Å². The highest BCUT2D eigenvalue weighted by atomic mass is 79.9. The number of amides is 2. The highest BCUT2D eigenvalue weighted by Gasteiger charge is 2.05. The number of nitrogens with one attached hydrogen (secondary N) is 2. The van der Waals surface area contributed by atoms with Crippen molar-refractivity contribution in [3.05, 3.63) is 28.2 Å². The molecule has 0 saturated carbocycles. The Balaban J connectivity index is 2.74. The van der Waals surface area contributed by atoms with Crippen LogP contribution in [0.5, 0.6) is 0 Å². The predicted octanol–water partition coefficient (Wildman–Crippen LogP) is 2.85. The van der Waals surface area contributed by atoms with E-state index < -0.39 is 0 Å². The molecule has 0 fully saturated rings. The molecular weight excluding hydrogens is 270 g/mol. The van der Waals surface area contributed by atoms with E-state index in [-0.39, 0.29) is 6.03 Å². The Bertz CT molecular complexity index is 426. The van der Waals surface area contributed by atoms with E-state index in [9.17, 15) is 4.79 Å². The predicted molar refractivity (Wildman–Crippen MR) is 66.2 cm³/mol. The summed E-state index contributed by atoms with van der Waals surface area (Å²) in [5.41, 5.74) is 0.945. The van der Waals surface area contributed by atoms with E-state index in [0.29, 0.717) is 17.8 Å². The first-order valence-corrected chi connectivity index (χ1v) is 5.71. The fraction of sp³-hybridized carbons (Fsp3) is 0.273. The van der Waals surface area contributed by atoms with Crippen LogP contribution in [0.15, 0.2) is 22.7 Å². The molecule has 0 aliphatic heterocycles. The van der Waals surface area contributed by atoms with Crippen LogP contribution in [-0.4, -0.2) is 12.6 Å². The van der Waals surface area contributed by atoms with Crippen molar-refractivity contribution >= 4 is 27.6 Å². The van der Waals surface area contributed by atoms with Gasteiger partial charge in [-0.2, -0.15) is 5.26 Å². The molecular formula is C11H12BrN3O. The smallest absolute Gasteiger partial charge is 0.319 e. The van der Waals surface area contributed by atoms with Gasteiger partial charge in [-0.1, -0.05) is 22.9 Å². The monoisotopic (exact) mass is 281 g/mol. The molecule has 1 rings (SSSR count). The first-order chi connectivity index (χ1) is 7.67. The van der Waals surface area contributed by atoms with E-state index in [1.165, 1.54) is 0 Å². The van der Waals surface area contributed by atoms with Gasteiger partial charge in [0.15, 0.2) is 0 Å². The first-order valence-electron chi connectivity index (χ1n) is 4.92. The Morgan fingerprint density at radius 1 is 1.56 bits per heavy atom. The molecule has 0 heterocycles. The second-order valence-corrected chi connectivity index (χ2v) is 4.10. The maximum atomic E-state index is 11.4. The van der Waals surface area contributed by atoms with Crippen LogP contribution in [0.3, 0.4) is 0 Å². The Morgan fingerprint density at radius 2 is 2.31 bits per heavy atom. The summed E-state index contributed by atoms with van der Waals surface area (Å²) in [4.78, 5) is 11.4. The molecule has 16 heavy (non-hydrogen) atoms. The fourth-order valence-corrected chi connectivity index (χ4v) is 1.48. The first kappa shape index (κ1) is 12.5. The van der Waals surface area contributed by atoms with Crippen LogP contribution >= 0.6 is 15.9 Å². The minimum atomic E-state index is -0.291. The molecule has 0 bridgehead atoms. The number of carbonyl (C=O) groups excluding carboxylic acids is 1. The molecule has 0 radical (unpaired) electrons. The third-order valence-corrected chi connectivity index (χ3v) is 2.38. The number of halogens is 1. The summed E-state index contributed by atoms with van der Waals surface area (Å²) in [5, 5.41) is 14.2. The highest BCUT2D eigenvalue weighted by Crippen LogP contribution is 2.19. The van der Waals surface area contributed by atoms with E-state index in [4.69, 9.17) is 5.26 Å². The van der Waals surface area contributed by atoms with Gasteiger partial charge >= 0.3 is 6.03 Å². The molecule has 2 N–H and O–H groups in total. The number of benzene rings is 1. The second-order valence-electron chi connectivity index (χ2n) is 3.18. The van der Waals surface area contributed by atoms with Crippen LogP contribution in [0, 0.1) is 11.3 Å². The number of urea groups is 1. The zero-order chi connectivity index (χ0) is 12.0. The van der Waals surface area contributed by atoms with Crippen LogP contribution in [0.1, 0.15) is 18.9 Å². The number of nitriles is 1. The van der Waals surface area contributed by atoms with E-state index in [2.05, 4.69) is 26.6 Å². The number of rotatable bonds is 3. The topological polar surface area (TPSA) is 64.9 Å². The van der Waals surface area contributed by atoms with Crippen molar-refractivity contribution < 1.29 is 4.79 Å². The van der Waals surface area contributed by atoms with Crippen LogP contribution < -0.4 is 10.6 Å². The summed E-state index contributed by atoms with van der Waals surface area (Å²) in [6.45, 7) is 2.59. The molecule has 1 aromatic carbocycles. The van der Waals surface area contributed by atoms with Crippen molar-refractivity contribution in [3.8, 4) is 6.07 Å². The number of nitrogens with zero attached hydrogens (tertiary/aromatic N) is 1. The quantitative estimate of drug-likeness (QED) is 0.895. The maximum absolute atomic E-state index is 11.4. The lowest BCUT2D eigenvalue weighted by Gasteiger charge is -2.08. The third-order valence-electron chi connectivity index (χ3n) is 1.89. The Hall–Kier alpha value is -1.54. The molecule has 1 aromatic rings. The summed E-state index contributed by atoms with van der Waals surface area (Å²) < 4.78 is 0.809. The van der Waals surface area contributed by atoms with E-state index >= 15 is 0 Å². The third kappa shape index (κ3) is 3.55. The van der Waals surface area contributed by atoms with Crippen molar-refractivity contribution in [3.63, 3.8) is 0 Å². The van der Waals surface area contributed by atoms with Gasteiger partial charge in [-0.25, -0.2) is 4.79 Å². The van der Waals surface area contributed by atoms with Crippen LogP contribution in [0.25, 0.3) is 0 Å². The molecule has 0 unspecified atom stereocenters. The highest BCUT2D eigenvalue weighted by molar-refractivity contribution is 9.10. The lowest BCUT2D eigenvalue weighted by atomic mass is 10.2. The average Bonchev–Trinajstić information content (AvgIpc) is 2.28. The second kappa shape index (κ2) is 6.13. The molecule has 0 saturated heterocycles. The number of carbonyl (C=O) groups is 1. The average molecular weight is 282 g/mol.